The van der Waals surface area contributed by atoms with Gasteiger partial charge in [-0.3, -0.25) is 9.59 Å². The largest absolute Gasteiger partial charge is 0.383 e. The van der Waals surface area contributed by atoms with Gasteiger partial charge in [-0.15, -0.1) is 0 Å². The first-order valence-corrected chi connectivity index (χ1v) is 4.00. The number of aromatic nitrogens is 1. The van der Waals surface area contributed by atoms with E-state index < -0.39 is 0 Å². The van der Waals surface area contributed by atoms with Gasteiger partial charge in [0, 0.05) is 11.8 Å². The fourth-order valence-electron chi connectivity index (χ4n) is 1.13. The van der Waals surface area contributed by atoms with Crippen molar-refractivity contribution >= 4 is 17.4 Å². The Morgan fingerprint density at radius 1 is 1.57 bits per heavy atom. The number of hydrogen-bond donors (Lipinski definition) is 1. The van der Waals surface area contributed by atoms with Gasteiger partial charge in [0.25, 0.3) is 0 Å². The molecule has 1 heterocycles. The van der Waals surface area contributed by atoms with Crippen LogP contribution in [0.2, 0.25) is 0 Å². The zero-order valence-electron chi connectivity index (χ0n) is 7.78. The molecule has 0 unspecified atom stereocenters. The number of allylic oxidation sites excluding steroid dienone is 1. The summed E-state index contributed by atoms with van der Waals surface area (Å²) in [6.07, 6.45) is 2.51. The van der Waals surface area contributed by atoms with E-state index in [0.29, 0.717) is 0 Å². The van der Waals surface area contributed by atoms with Gasteiger partial charge in [-0.2, -0.15) is 0 Å². The van der Waals surface area contributed by atoms with E-state index >= 15 is 0 Å². The van der Waals surface area contributed by atoms with Crippen molar-refractivity contribution in [1.29, 1.82) is 0 Å². The summed E-state index contributed by atoms with van der Waals surface area (Å²) in [6.45, 7) is 4.70. The molecular weight excluding hydrogens is 180 g/mol. The van der Waals surface area contributed by atoms with E-state index in [1.165, 1.54) is 19.2 Å². The lowest BCUT2D eigenvalue weighted by Crippen LogP contribution is -2.10. The molecule has 0 aliphatic heterocycles. The standard InChI is InChI=1S/C10H10N2O2/c1-3-8(14)9-7(6(2)13)4-5-12-10(9)11/h3-5H,1H2,2H3,(H2,11,12). The van der Waals surface area contributed by atoms with Gasteiger partial charge < -0.3 is 5.73 Å². The summed E-state index contributed by atoms with van der Waals surface area (Å²) in [7, 11) is 0. The maximum Gasteiger partial charge on any atom is 0.189 e. The van der Waals surface area contributed by atoms with Gasteiger partial charge in [-0.1, -0.05) is 6.58 Å². The molecule has 0 saturated carbocycles. The van der Waals surface area contributed by atoms with Gasteiger partial charge in [0.15, 0.2) is 11.6 Å². The minimum Gasteiger partial charge on any atom is -0.383 e. The topological polar surface area (TPSA) is 73.0 Å². The third-order valence-electron chi connectivity index (χ3n) is 1.79. The number of hydrogen-bond acceptors (Lipinski definition) is 4. The van der Waals surface area contributed by atoms with Crippen LogP contribution in [0, 0.1) is 0 Å². The number of nitrogen functional groups attached to an aromatic ring is 1. The lowest BCUT2D eigenvalue weighted by atomic mass is 10.0. The summed E-state index contributed by atoms with van der Waals surface area (Å²) in [4.78, 5) is 26.3. The second-order valence-electron chi connectivity index (χ2n) is 2.74. The second kappa shape index (κ2) is 3.83. The fraction of sp³-hybridized carbons (Fsp3) is 0.100. The summed E-state index contributed by atoms with van der Waals surface area (Å²) in [5.74, 6) is -0.548. The first-order valence-electron chi connectivity index (χ1n) is 4.00. The Bertz CT molecular complexity index is 411. The van der Waals surface area contributed by atoms with Crippen LogP contribution in [0.5, 0.6) is 0 Å². The summed E-state index contributed by atoms with van der Waals surface area (Å²) < 4.78 is 0. The molecule has 1 aromatic rings. The molecule has 0 saturated heterocycles. The Labute approximate surface area is 81.4 Å². The monoisotopic (exact) mass is 190 g/mol. The third kappa shape index (κ3) is 1.69. The van der Waals surface area contributed by atoms with E-state index in [4.69, 9.17) is 5.73 Å². The van der Waals surface area contributed by atoms with E-state index in [9.17, 15) is 9.59 Å². The van der Waals surface area contributed by atoms with Crippen LogP contribution in [0.1, 0.15) is 27.6 Å². The highest BCUT2D eigenvalue weighted by atomic mass is 16.1. The summed E-state index contributed by atoms with van der Waals surface area (Å²) >= 11 is 0. The van der Waals surface area contributed by atoms with Crippen LogP contribution in [0.25, 0.3) is 0 Å². The van der Waals surface area contributed by atoms with Crippen LogP contribution in [-0.2, 0) is 0 Å². The lowest BCUT2D eigenvalue weighted by Gasteiger charge is -2.05. The van der Waals surface area contributed by atoms with Crippen molar-refractivity contribution in [3.8, 4) is 0 Å². The Kier molecular flexibility index (Phi) is 2.76. The maximum atomic E-state index is 11.4. The van der Waals surface area contributed by atoms with E-state index in [0.717, 1.165) is 6.08 Å². The van der Waals surface area contributed by atoms with Crippen molar-refractivity contribution in [3.63, 3.8) is 0 Å². The molecule has 0 fully saturated rings. The first kappa shape index (κ1) is 10.1. The number of carbonyl (C=O) groups excluding carboxylic acids is 2. The zero-order chi connectivity index (χ0) is 10.7. The molecule has 2 N–H and O–H groups in total. The predicted molar refractivity (Wildman–Crippen MR) is 53.2 cm³/mol. The molecule has 72 valence electrons. The summed E-state index contributed by atoms with van der Waals surface area (Å²) in [6, 6.07) is 1.47. The normalized spacial score (nSPS) is 9.50. The molecule has 0 bridgehead atoms. The van der Waals surface area contributed by atoms with Crippen LogP contribution < -0.4 is 5.73 Å². The summed E-state index contributed by atoms with van der Waals surface area (Å²) in [5.41, 5.74) is 5.92. The number of carbonyl (C=O) groups is 2. The number of anilines is 1. The first-order chi connectivity index (χ1) is 6.57. The van der Waals surface area contributed by atoms with Gasteiger partial charge in [0.05, 0.1) is 5.56 Å². The molecule has 1 aromatic heterocycles. The number of nitrogens with zero attached hydrogens (tertiary/aromatic N) is 1. The molecule has 0 spiro atoms. The van der Waals surface area contributed by atoms with Crippen molar-refractivity contribution in [2.75, 3.05) is 5.73 Å². The van der Waals surface area contributed by atoms with Crippen molar-refractivity contribution in [1.82, 2.24) is 4.98 Å². The molecule has 14 heavy (non-hydrogen) atoms. The number of rotatable bonds is 3. The average Bonchev–Trinajstić information content (AvgIpc) is 2.16. The Morgan fingerprint density at radius 3 is 2.71 bits per heavy atom. The van der Waals surface area contributed by atoms with E-state index in [1.54, 1.807) is 0 Å². The number of Topliss-reactive ketones (excluding diaryl/α,β-unsaturated/α-hetero) is 1. The molecule has 0 amide bonds. The number of pyridine rings is 1. The van der Waals surface area contributed by atoms with Gasteiger partial charge in [-0.25, -0.2) is 4.98 Å². The Morgan fingerprint density at radius 2 is 2.21 bits per heavy atom. The molecule has 4 heteroatoms. The lowest BCUT2D eigenvalue weighted by molar-refractivity contribution is 0.0993. The third-order valence-corrected chi connectivity index (χ3v) is 1.79. The maximum absolute atomic E-state index is 11.4. The molecule has 1 rings (SSSR count). The van der Waals surface area contributed by atoms with Gasteiger partial charge in [0.2, 0.25) is 0 Å². The average molecular weight is 190 g/mol. The van der Waals surface area contributed by atoms with Crippen LogP contribution >= 0.6 is 0 Å². The number of nitrogens with two attached hydrogens (primary N) is 1. The van der Waals surface area contributed by atoms with E-state index in [1.807, 2.05) is 0 Å². The molecule has 0 aromatic carbocycles. The highest BCUT2D eigenvalue weighted by molar-refractivity contribution is 6.14. The Balaban J connectivity index is 3.44. The molecule has 0 atom stereocenters. The van der Waals surface area contributed by atoms with Gasteiger partial charge in [-0.05, 0) is 19.1 Å². The quantitative estimate of drug-likeness (QED) is 0.574. The predicted octanol–water partition coefficient (Wildman–Crippen LogP) is 1.24. The highest BCUT2D eigenvalue weighted by Gasteiger charge is 2.15. The van der Waals surface area contributed by atoms with E-state index in [-0.39, 0.29) is 28.5 Å². The van der Waals surface area contributed by atoms with Crippen molar-refractivity contribution in [2.45, 2.75) is 6.92 Å². The van der Waals surface area contributed by atoms with Crippen LogP contribution in [0.3, 0.4) is 0 Å². The molecule has 0 radical (unpaired) electrons. The minimum atomic E-state index is -0.388. The van der Waals surface area contributed by atoms with Crippen LogP contribution in [0.4, 0.5) is 5.82 Å². The van der Waals surface area contributed by atoms with Crippen molar-refractivity contribution in [2.24, 2.45) is 0 Å². The molecular formula is C10H10N2O2. The molecule has 4 nitrogen and oxygen atoms in total. The fourth-order valence-corrected chi connectivity index (χ4v) is 1.13. The number of ketones is 2. The molecule has 0 aliphatic rings. The van der Waals surface area contributed by atoms with Gasteiger partial charge in [0.1, 0.15) is 5.82 Å². The zero-order valence-corrected chi connectivity index (χ0v) is 7.78. The van der Waals surface area contributed by atoms with Crippen LogP contribution in [0.15, 0.2) is 24.9 Å². The highest BCUT2D eigenvalue weighted by Crippen LogP contribution is 2.16. The van der Waals surface area contributed by atoms with Crippen molar-refractivity contribution < 1.29 is 9.59 Å². The van der Waals surface area contributed by atoms with Crippen LogP contribution in [-0.4, -0.2) is 16.6 Å². The summed E-state index contributed by atoms with van der Waals surface area (Å²) in [5, 5.41) is 0. The Hall–Kier alpha value is -1.97. The van der Waals surface area contributed by atoms with E-state index in [2.05, 4.69) is 11.6 Å². The van der Waals surface area contributed by atoms with Crippen molar-refractivity contribution in [3.05, 3.63) is 36.0 Å². The second-order valence-corrected chi connectivity index (χ2v) is 2.74. The SMILES string of the molecule is C=CC(=O)c1c(C(C)=O)ccnc1N. The van der Waals surface area contributed by atoms with Gasteiger partial charge >= 0.3 is 0 Å². The molecule has 0 aliphatic carbocycles. The smallest absolute Gasteiger partial charge is 0.189 e. The minimum absolute atomic E-state index is 0.0580.